The van der Waals surface area contributed by atoms with Crippen LogP contribution in [0.4, 0.5) is 0 Å². The minimum absolute atomic E-state index is 0.0186. The number of piperazine rings is 1. The standard InChI is InChI=1S/C26H34N4O3/c31-24(20-33-19-22-6-2-1-3-7-22)29-14-16-30(17-15-29)25(23-8-4-5-9-23)26(32)28-18-21-10-12-27-13-11-21/h1-3,6-7,10-13,23,25H,4-5,8-9,14-20H2,(H,28,32). The highest BCUT2D eigenvalue weighted by Crippen LogP contribution is 2.31. The van der Waals surface area contributed by atoms with Crippen LogP contribution in [-0.4, -0.2) is 65.4 Å². The van der Waals surface area contributed by atoms with E-state index in [0.717, 1.165) is 24.0 Å². The number of aromatic nitrogens is 1. The molecular weight excluding hydrogens is 416 g/mol. The number of rotatable bonds is 9. The van der Waals surface area contributed by atoms with E-state index < -0.39 is 0 Å². The van der Waals surface area contributed by atoms with Gasteiger partial charge in [0.15, 0.2) is 0 Å². The number of pyridine rings is 1. The predicted octanol–water partition coefficient (Wildman–Crippen LogP) is 2.62. The lowest BCUT2D eigenvalue weighted by Crippen LogP contribution is -2.58. The second-order valence-electron chi connectivity index (χ2n) is 8.96. The van der Waals surface area contributed by atoms with E-state index in [2.05, 4.69) is 15.2 Å². The van der Waals surface area contributed by atoms with Gasteiger partial charge in [-0.1, -0.05) is 43.2 Å². The quantitative estimate of drug-likeness (QED) is 0.636. The van der Waals surface area contributed by atoms with Crippen LogP contribution in [0.25, 0.3) is 0 Å². The van der Waals surface area contributed by atoms with Gasteiger partial charge >= 0.3 is 0 Å². The Balaban J connectivity index is 1.27. The van der Waals surface area contributed by atoms with Gasteiger partial charge in [-0.05, 0) is 42.0 Å². The zero-order valence-electron chi connectivity index (χ0n) is 19.2. The molecule has 33 heavy (non-hydrogen) atoms. The van der Waals surface area contributed by atoms with Crippen LogP contribution in [-0.2, 0) is 27.5 Å². The zero-order valence-corrected chi connectivity index (χ0v) is 19.2. The van der Waals surface area contributed by atoms with Crippen molar-refractivity contribution in [2.75, 3.05) is 32.8 Å². The Hall–Kier alpha value is -2.77. The van der Waals surface area contributed by atoms with Crippen molar-refractivity contribution in [2.24, 2.45) is 5.92 Å². The molecule has 2 amide bonds. The second kappa shape index (κ2) is 11.9. The number of hydrogen-bond donors (Lipinski definition) is 1. The van der Waals surface area contributed by atoms with Gasteiger partial charge in [-0.15, -0.1) is 0 Å². The van der Waals surface area contributed by atoms with Crippen molar-refractivity contribution in [3.05, 3.63) is 66.0 Å². The number of nitrogens with one attached hydrogen (secondary N) is 1. The summed E-state index contributed by atoms with van der Waals surface area (Å²) in [5.74, 6) is 0.508. The van der Waals surface area contributed by atoms with Gasteiger partial charge in [0.25, 0.3) is 0 Å². The number of amides is 2. The zero-order chi connectivity index (χ0) is 22.9. The van der Waals surface area contributed by atoms with Crippen LogP contribution in [0.2, 0.25) is 0 Å². The molecule has 0 bridgehead atoms. The Labute approximate surface area is 196 Å². The molecule has 1 N–H and O–H groups in total. The molecule has 1 unspecified atom stereocenters. The molecule has 1 aromatic carbocycles. The Bertz CT molecular complexity index is 879. The van der Waals surface area contributed by atoms with Crippen LogP contribution in [0.1, 0.15) is 36.8 Å². The fourth-order valence-electron chi connectivity index (χ4n) is 4.92. The van der Waals surface area contributed by atoms with Gasteiger partial charge in [0.2, 0.25) is 11.8 Å². The lowest BCUT2D eigenvalue weighted by atomic mass is 9.95. The van der Waals surface area contributed by atoms with Crippen molar-refractivity contribution in [1.29, 1.82) is 0 Å². The molecule has 176 valence electrons. The largest absolute Gasteiger partial charge is 0.367 e. The Morgan fingerprint density at radius 2 is 1.67 bits per heavy atom. The van der Waals surface area contributed by atoms with Gasteiger partial charge < -0.3 is 15.0 Å². The van der Waals surface area contributed by atoms with E-state index in [0.29, 0.717) is 45.2 Å². The maximum Gasteiger partial charge on any atom is 0.248 e. The van der Waals surface area contributed by atoms with Crippen LogP contribution >= 0.6 is 0 Å². The molecule has 7 nitrogen and oxygen atoms in total. The molecule has 4 rings (SSSR count). The number of carbonyl (C=O) groups is 2. The monoisotopic (exact) mass is 450 g/mol. The number of benzene rings is 1. The lowest BCUT2D eigenvalue weighted by Gasteiger charge is -2.40. The van der Waals surface area contributed by atoms with E-state index in [1.165, 1.54) is 12.8 Å². The number of ether oxygens (including phenoxy) is 1. The summed E-state index contributed by atoms with van der Waals surface area (Å²) in [5.41, 5.74) is 2.11. The molecule has 7 heteroatoms. The van der Waals surface area contributed by atoms with Gasteiger partial charge in [0.1, 0.15) is 6.61 Å². The third kappa shape index (κ3) is 6.62. The third-order valence-corrected chi connectivity index (χ3v) is 6.73. The van der Waals surface area contributed by atoms with Crippen molar-refractivity contribution in [2.45, 2.75) is 44.9 Å². The van der Waals surface area contributed by atoms with E-state index >= 15 is 0 Å². The first-order valence-electron chi connectivity index (χ1n) is 12.0. The Kier molecular flexibility index (Phi) is 8.44. The molecule has 2 aromatic rings. The molecule has 0 spiro atoms. The molecule has 1 aromatic heterocycles. The maximum atomic E-state index is 13.2. The van der Waals surface area contributed by atoms with Crippen molar-refractivity contribution in [3.63, 3.8) is 0 Å². The van der Waals surface area contributed by atoms with E-state index in [9.17, 15) is 9.59 Å². The van der Waals surface area contributed by atoms with E-state index in [4.69, 9.17) is 4.74 Å². The van der Waals surface area contributed by atoms with Crippen molar-refractivity contribution < 1.29 is 14.3 Å². The number of carbonyl (C=O) groups excluding carboxylic acids is 2. The third-order valence-electron chi connectivity index (χ3n) is 6.73. The first kappa shape index (κ1) is 23.4. The molecular formula is C26H34N4O3. The van der Waals surface area contributed by atoms with E-state index in [1.54, 1.807) is 12.4 Å². The molecule has 1 atom stereocenters. The van der Waals surface area contributed by atoms with Gasteiger partial charge in [0, 0.05) is 45.1 Å². The van der Waals surface area contributed by atoms with E-state index in [1.807, 2.05) is 47.4 Å². The minimum Gasteiger partial charge on any atom is -0.367 e. The summed E-state index contributed by atoms with van der Waals surface area (Å²) < 4.78 is 5.63. The highest BCUT2D eigenvalue weighted by molar-refractivity contribution is 5.82. The molecule has 1 saturated carbocycles. The summed E-state index contributed by atoms with van der Waals surface area (Å²) in [5, 5.41) is 3.14. The van der Waals surface area contributed by atoms with Crippen LogP contribution in [0.15, 0.2) is 54.9 Å². The molecule has 1 aliphatic heterocycles. The minimum atomic E-state index is -0.124. The molecule has 2 aliphatic rings. The van der Waals surface area contributed by atoms with Crippen molar-refractivity contribution in [3.8, 4) is 0 Å². The summed E-state index contributed by atoms with van der Waals surface area (Å²) in [6.45, 7) is 3.74. The summed E-state index contributed by atoms with van der Waals surface area (Å²) in [4.78, 5) is 34.0. The first-order chi connectivity index (χ1) is 16.2. The summed E-state index contributed by atoms with van der Waals surface area (Å²) in [6.07, 6.45) is 8.07. The summed E-state index contributed by atoms with van der Waals surface area (Å²) in [7, 11) is 0. The topological polar surface area (TPSA) is 74.8 Å². The molecule has 1 saturated heterocycles. The molecule has 1 aliphatic carbocycles. The first-order valence-corrected chi connectivity index (χ1v) is 12.0. The van der Waals surface area contributed by atoms with E-state index in [-0.39, 0.29) is 24.5 Å². The van der Waals surface area contributed by atoms with Crippen molar-refractivity contribution >= 4 is 11.8 Å². The van der Waals surface area contributed by atoms with Crippen LogP contribution < -0.4 is 5.32 Å². The van der Waals surface area contributed by atoms with Gasteiger partial charge in [-0.25, -0.2) is 0 Å². The fourth-order valence-corrected chi connectivity index (χ4v) is 4.92. The molecule has 2 fully saturated rings. The van der Waals surface area contributed by atoms with Gasteiger partial charge in [-0.2, -0.15) is 0 Å². The van der Waals surface area contributed by atoms with Crippen molar-refractivity contribution in [1.82, 2.24) is 20.1 Å². The average Bonchev–Trinajstić information content (AvgIpc) is 3.39. The SMILES string of the molecule is O=C(NCc1ccncc1)C(C1CCCC1)N1CCN(C(=O)COCc2ccccc2)CC1. The number of hydrogen-bond acceptors (Lipinski definition) is 5. The second-order valence-corrected chi connectivity index (χ2v) is 8.96. The fraction of sp³-hybridized carbons (Fsp3) is 0.500. The predicted molar refractivity (Wildman–Crippen MR) is 126 cm³/mol. The average molecular weight is 451 g/mol. The Morgan fingerprint density at radius 3 is 2.36 bits per heavy atom. The normalized spacial score (nSPS) is 18.2. The highest BCUT2D eigenvalue weighted by atomic mass is 16.5. The van der Waals surface area contributed by atoms with Gasteiger partial charge in [-0.3, -0.25) is 19.5 Å². The Morgan fingerprint density at radius 1 is 0.970 bits per heavy atom. The highest BCUT2D eigenvalue weighted by Gasteiger charge is 2.37. The maximum absolute atomic E-state index is 13.2. The summed E-state index contributed by atoms with van der Waals surface area (Å²) in [6, 6.07) is 13.6. The number of nitrogens with zero attached hydrogens (tertiary/aromatic N) is 3. The smallest absolute Gasteiger partial charge is 0.248 e. The van der Waals surface area contributed by atoms with Crippen LogP contribution in [0.3, 0.4) is 0 Å². The van der Waals surface area contributed by atoms with Crippen LogP contribution in [0.5, 0.6) is 0 Å². The summed E-state index contributed by atoms with van der Waals surface area (Å²) >= 11 is 0. The molecule has 2 heterocycles. The molecule has 0 radical (unpaired) electrons. The van der Waals surface area contributed by atoms with Crippen LogP contribution in [0, 0.1) is 5.92 Å². The van der Waals surface area contributed by atoms with Gasteiger partial charge in [0.05, 0.1) is 12.6 Å². The lowest BCUT2D eigenvalue weighted by molar-refractivity contribution is -0.139.